The molecule has 114 valence electrons. The Kier molecular flexibility index (Phi) is 4.44. The summed E-state index contributed by atoms with van der Waals surface area (Å²) in [7, 11) is 0. The molecule has 2 atom stereocenters. The van der Waals surface area contributed by atoms with Gasteiger partial charge >= 0.3 is 0 Å². The first-order valence-electron chi connectivity index (χ1n) is 8.00. The normalized spacial score (nSPS) is 24.7. The fourth-order valence-corrected chi connectivity index (χ4v) is 3.33. The molecule has 0 saturated carbocycles. The van der Waals surface area contributed by atoms with E-state index in [1.165, 1.54) is 12.8 Å². The summed E-state index contributed by atoms with van der Waals surface area (Å²) in [5.74, 6) is 1.11. The highest BCUT2D eigenvalue weighted by Crippen LogP contribution is 2.21. The number of nitrogens with one attached hydrogen (secondary N) is 1. The van der Waals surface area contributed by atoms with Crippen LogP contribution in [0, 0.1) is 0 Å². The summed E-state index contributed by atoms with van der Waals surface area (Å²) in [5.41, 5.74) is 1.06. The van der Waals surface area contributed by atoms with Crippen molar-refractivity contribution in [2.75, 3.05) is 19.7 Å². The van der Waals surface area contributed by atoms with Gasteiger partial charge < -0.3 is 15.0 Å². The van der Waals surface area contributed by atoms with Gasteiger partial charge in [-0.2, -0.15) is 0 Å². The molecule has 2 aliphatic heterocycles. The van der Waals surface area contributed by atoms with Gasteiger partial charge in [0.15, 0.2) is 0 Å². The van der Waals surface area contributed by atoms with Crippen LogP contribution in [0.25, 0.3) is 0 Å². The minimum absolute atomic E-state index is 0.244. The molecular weight excluding hydrogens is 264 g/mol. The number of hydrogen-bond acceptors (Lipinski definition) is 3. The number of benzene rings is 1. The lowest BCUT2D eigenvalue weighted by Crippen LogP contribution is -2.39. The molecule has 2 bridgehead atoms. The van der Waals surface area contributed by atoms with Crippen molar-refractivity contribution in [3.8, 4) is 5.75 Å². The van der Waals surface area contributed by atoms with Gasteiger partial charge in [-0.3, -0.25) is 4.79 Å². The standard InChI is InChI=1S/C17H24N2O2/c1-2-21-16-7-3-13(4-8-16)11-17(20)19-10-9-14-5-6-15(12-19)18-14/h3-4,7-8,14-15,18H,2,5-6,9-12H2,1H3. The summed E-state index contributed by atoms with van der Waals surface area (Å²) in [4.78, 5) is 14.5. The second-order valence-corrected chi connectivity index (χ2v) is 6.02. The summed E-state index contributed by atoms with van der Waals surface area (Å²) < 4.78 is 5.43. The Bertz CT molecular complexity index is 486. The van der Waals surface area contributed by atoms with E-state index in [-0.39, 0.29) is 5.91 Å². The molecule has 1 aromatic rings. The molecule has 0 aromatic heterocycles. The van der Waals surface area contributed by atoms with Crippen molar-refractivity contribution in [2.24, 2.45) is 0 Å². The number of carbonyl (C=O) groups is 1. The zero-order chi connectivity index (χ0) is 14.7. The third-order valence-corrected chi connectivity index (χ3v) is 4.47. The second kappa shape index (κ2) is 6.48. The van der Waals surface area contributed by atoms with E-state index < -0.39 is 0 Å². The lowest BCUT2D eigenvalue weighted by molar-refractivity contribution is -0.130. The molecule has 0 aliphatic carbocycles. The van der Waals surface area contributed by atoms with Crippen LogP contribution in [0.2, 0.25) is 0 Å². The Morgan fingerprint density at radius 1 is 1.24 bits per heavy atom. The van der Waals surface area contributed by atoms with Crippen LogP contribution in [0.3, 0.4) is 0 Å². The Balaban J connectivity index is 1.57. The molecule has 4 heteroatoms. The SMILES string of the molecule is CCOc1ccc(CC(=O)N2CCC3CCC(C2)N3)cc1. The van der Waals surface area contributed by atoms with E-state index in [4.69, 9.17) is 4.74 Å². The fourth-order valence-electron chi connectivity index (χ4n) is 3.33. The van der Waals surface area contributed by atoms with Crippen LogP contribution >= 0.6 is 0 Å². The molecule has 2 fully saturated rings. The van der Waals surface area contributed by atoms with Crippen molar-refractivity contribution >= 4 is 5.91 Å². The molecule has 2 saturated heterocycles. The number of fused-ring (bicyclic) bond motifs is 2. The molecule has 4 nitrogen and oxygen atoms in total. The molecule has 2 heterocycles. The summed E-state index contributed by atoms with van der Waals surface area (Å²) in [6.07, 6.45) is 4.05. The predicted octanol–water partition coefficient (Wildman–Crippen LogP) is 1.98. The average Bonchev–Trinajstić information content (AvgIpc) is 2.80. The van der Waals surface area contributed by atoms with Gasteiger partial charge in [0.1, 0.15) is 5.75 Å². The molecule has 1 amide bonds. The monoisotopic (exact) mass is 288 g/mol. The van der Waals surface area contributed by atoms with E-state index in [2.05, 4.69) is 5.32 Å². The third kappa shape index (κ3) is 3.56. The Hall–Kier alpha value is -1.55. The number of ether oxygens (including phenoxy) is 1. The smallest absolute Gasteiger partial charge is 0.227 e. The molecule has 3 rings (SSSR count). The van der Waals surface area contributed by atoms with Gasteiger partial charge in [-0.15, -0.1) is 0 Å². The number of carbonyl (C=O) groups excluding carboxylic acids is 1. The van der Waals surface area contributed by atoms with Crippen molar-refractivity contribution in [1.29, 1.82) is 0 Å². The van der Waals surface area contributed by atoms with Crippen LogP contribution in [0.4, 0.5) is 0 Å². The number of likely N-dealkylation sites (tertiary alicyclic amines) is 1. The molecule has 0 spiro atoms. The largest absolute Gasteiger partial charge is 0.494 e. The first-order chi connectivity index (χ1) is 10.2. The first kappa shape index (κ1) is 14.4. The lowest BCUT2D eigenvalue weighted by Gasteiger charge is -2.24. The highest BCUT2D eigenvalue weighted by atomic mass is 16.5. The quantitative estimate of drug-likeness (QED) is 0.921. The van der Waals surface area contributed by atoms with Crippen LogP contribution in [-0.4, -0.2) is 42.6 Å². The van der Waals surface area contributed by atoms with Crippen molar-refractivity contribution in [1.82, 2.24) is 10.2 Å². The topological polar surface area (TPSA) is 41.6 Å². The van der Waals surface area contributed by atoms with E-state index >= 15 is 0 Å². The number of nitrogens with zero attached hydrogens (tertiary/aromatic N) is 1. The van der Waals surface area contributed by atoms with Gasteiger partial charge in [0.05, 0.1) is 13.0 Å². The summed E-state index contributed by atoms with van der Waals surface area (Å²) in [6.45, 7) is 4.40. The molecule has 2 aliphatic rings. The molecule has 1 aromatic carbocycles. The van der Waals surface area contributed by atoms with Crippen LogP contribution in [0.15, 0.2) is 24.3 Å². The second-order valence-electron chi connectivity index (χ2n) is 6.02. The van der Waals surface area contributed by atoms with E-state index in [9.17, 15) is 4.79 Å². The molecular formula is C17H24N2O2. The molecule has 21 heavy (non-hydrogen) atoms. The molecule has 2 unspecified atom stereocenters. The Morgan fingerprint density at radius 3 is 2.76 bits per heavy atom. The van der Waals surface area contributed by atoms with Gasteiger partial charge in [0.2, 0.25) is 5.91 Å². The number of rotatable bonds is 4. The maximum Gasteiger partial charge on any atom is 0.227 e. The van der Waals surface area contributed by atoms with E-state index in [1.807, 2.05) is 36.1 Å². The van der Waals surface area contributed by atoms with E-state index in [1.54, 1.807) is 0 Å². The van der Waals surface area contributed by atoms with Gasteiger partial charge in [0.25, 0.3) is 0 Å². The Labute approximate surface area is 126 Å². The first-order valence-corrected chi connectivity index (χ1v) is 8.00. The highest BCUT2D eigenvalue weighted by molar-refractivity contribution is 5.79. The minimum atomic E-state index is 0.244. The van der Waals surface area contributed by atoms with E-state index in [0.717, 1.165) is 30.8 Å². The van der Waals surface area contributed by atoms with Gasteiger partial charge in [0, 0.05) is 25.2 Å². The van der Waals surface area contributed by atoms with Crippen LogP contribution < -0.4 is 10.1 Å². The van der Waals surface area contributed by atoms with Crippen LogP contribution in [-0.2, 0) is 11.2 Å². The van der Waals surface area contributed by atoms with Crippen LogP contribution in [0.1, 0.15) is 31.7 Å². The predicted molar refractivity (Wildman–Crippen MR) is 82.5 cm³/mol. The van der Waals surface area contributed by atoms with Crippen LogP contribution in [0.5, 0.6) is 5.75 Å². The fraction of sp³-hybridized carbons (Fsp3) is 0.588. The Morgan fingerprint density at radius 2 is 2.00 bits per heavy atom. The van der Waals surface area contributed by atoms with Crippen molar-refractivity contribution in [3.63, 3.8) is 0 Å². The average molecular weight is 288 g/mol. The number of hydrogen-bond donors (Lipinski definition) is 1. The van der Waals surface area contributed by atoms with Gasteiger partial charge in [-0.25, -0.2) is 0 Å². The molecule has 1 N–H and O–H groups in total. The molecule has 0 radical (unpaired) electrons. The summed E-state index contributed by atoms with van der Waals surface area (Å²) in [5, 5.41) is 3.61. The maximum absolute atomic E-state index is 12.5. The maximum atomic E-state index is 12.5. The van der Waals surface area contributed by atoms with Crippen molar-refractivity contribution in [2.45, 2.75) is 44.7 Å². The highest BCUT2D eigenvalue weighted by Gasteiger charge is 2.30. The third-order valence-electron chi connectivity index (χ3n) is 4.47. The zero-order valence-electron chi connectivity index (χ0n) is 12.7. The summed E-state index contributed by atoms with van der Waals surface area (Å²) >= 11 is 0. The minimum Gasteiger partial charge on any atom is -0.494 e. The van der Waals surface area contributed by atoms with Gasteiger partial charge in [-0.05, 0) is 43.9 Å². The van der Waals surface area contributed by atoms with Crippen molar-refractivity contribution < 1.29 is 9.53 Å². The summed E-state index contributed by atoms with van der Waals surface area (Å²) in [6, 6.07) is 8.99. The zero-order valence-corrected chi connectivity index (χ0v) is 12.7. The number of amides is 1. The van der Waals surface area contributed by atoms with Crippen molar-refractivity contribution in [3.05, 3.63) is 29.8 Å². The lowest BCUT2D eigenvalue weighted by atomic mass is 10.1. The van der Waals surface area contributed by atoms with E-state index in [0.29, 0.717) is 25.1 Å². The van der Waals surface area contributed by atoms with Gasteiger partial charge in [-0.1, -0.05) is 12.1 Å².